The van der Waals surface area contributed by atoms with Gasteiger partial charge in [-0.1, -0.05) is 18.2 Å². The quantitative estimate of drug-likeness (QED) is 0.534. The fourth-order valence-electron chi connectivity index (χ4n) is 3.12. The van der Waals surface area contributed by atoms with Crippen LogP contribution in [0.1, 0.15) is 24.0 Å². The summed E-state index contributed by atoms with van der Waals surface area (Å²) in [4.78, 5) is 24.5. The van der Waals surface area contributed by atoms with Crippen molar-refractivity contribution < 1.29 is 4.79 Å². The van der Waals surface area contributed by atoms with Crippen molar-refractivity contribution in [2.45, 2.75) is 20.8 Å². The van der Waals surface area contributed by atoms with Crippen LogP contribution < -0.4 is 10.7 Å². The lowest BCUT2D eigenvalue weighted by Crippen LogP contribution is -2.24. The Kier molecular flexibility index (Phi) is 4.94. The molecular formula is C20H22N8O. The third kappa shape index (κ3) is 3.93. The van der Waals surface area contributed by atoms with Crippen LogP contribution in [0.3, 0.4) is 0 Å². The van der Waals surface area contributed by atoms with Crippen molar-refractivity contribution in [3.05, 3.63) is 53.5 Å². The summed E-state index contributed by atoms with van der Waals surface area (Å²) in [6.07, 6.45) is 0. The zero-order valence-electron chi connectivity index (χ0n) is 16.4. The van der Waals surface area contributed by atoms with Crippen molar-refractivity contribution in [3.8, 4) is 11.5 Å². The van der Waals surface area contributed by atoms with E-state index in [9.17, 15) is 4.79 Å². The van der Waals surface area contributed by atoms with Gasteiger partial charge in [0.1, 0.15) is 23.8 Å². The molecule has 1 amide bonds. The maximum Gasteiger partial charge on any atom is 0.246 e. The molecule has 148 valence electrons. The molecule has 9 nitrogen and oxygen atoms in total. The summed E-state index contributed by atoms with van der Waals surface area (Å²) in [5, 5.41) is 14.4. The third-order valence-corrected chi connectivity index (χ3v) is 4.64. The van der Waals surface area contributed by atoms with Crippen LogP contribution in [0.4, 0.5) is 5.69 Å². The Morgan fingerprint density at radius 2 is 2.03 bits per heavy atom. The number of amidine groups is 1. The van der Waals surface area contributed by atoms with E-state index < -0.39 is 0 Å². The first-order chi connectivity index (χ1) is 14.0. The van der Waals surface area contributed by atoms with E-state index in [1.807, 2.05) is 57.2 Å². The number of para-hydroxylation sites is 1. The highest BCUT2D eigenvalue weighted by molar-refractivity contribution is 6.17. The average molecular weight is 390 g/mol. The number of imidazole rings is 1. The molecule has 1 aliphatic rings. The van der Waals surface area contributed by atoms with Gasteiger partial charge in [-0.15, -0.1) is 0 Å². The van der Waals surface area contributed by atoms with E-state index in [1.165, 1.54) is 0 Å². The fraction of sp³-hybridized carbons (Fsp3) is 0.250. The van der Waals surface area contributed by atoms with Crippen LogP contribution in [-0.4, -0.2) is 44.2 Å². The number of hydrogen-bond donors (Lipinski definition) is 4. The summed E-state index contributed by atoms with van der Waals surface area (Å²) in [6.45, 7) is 5.89. The van der Waals surface area contributed by atoms with Crippen molar-refractivity contribution in [2.75, 3.05) is 11.9 Å². The molecule has 0 spiro atoms. The van der Waals surface area contributed by atoms with Gasteiger partial charge in [0.15, 0.2) is 5.82 Å². The highest BCUT2D eigenvalue weighted by Gasteiger charge is 2.28. The molecule has 0 radical (unpaired) electrons. The lowest BCUT2D eigenvalue weighted by molar-refractivity contribution is -0.114. The molecule has 0 fully saturated rings. The molecule has 3 heterocycles. The van der Waals surface area contributed by atoms with E-state index in [0.29, 0.717) is 11.7 Å². The lowest BCUT2D eigenvalue weighted by Gasteiger charge is -2.07. The smallest absolute Gasteiger partial charge is 0.246 e. The van der Waals surface area contributed by atoms with Crippen LogP contribution in [-0.2, 0) is 4.79 Å². The van der Waals surface area contributed by atoms with Crippen LogP contribution in [0.15, 0.2) is 46.5 Å². The number of rotatable bonds is 5. The molecule has 4 rings (SSSR count). The summed E-state index contributed by atoms with van der Waals surface area (Å²) < 4.78 is 0. The molecule has 1 aromatic carbocycles. The van der Waals surface area contributed by atoms with Crippen molar-refractivity contribution >= 4 is 23.1 Å². The number of carbonyl (C=O) groups excluding carboxylic acids is 1. The number of nitrogens with zero attached hydrogens (tertiary/aromatic N) is 4. The second-order valence-corrected chi connectivity index (χ2v) is 6.94. The molecule has 1 aliphatic heterocycles. The maximum absolute atomic E-state index is 12.1. The van der Waals surface area contributed by atoms with E-state index >= 15 is 0 Å². The largest absolute Gasteiger partial charge is 0.340 e. The van der Waals surface area contributed by atoms with Gasteiger partial charge in [-0.3, -0.25) is 20.3 Å². The van der Waals surface area contributed by atoms with E-state index in [-0.39, 0.29) is 18.4 Å². The Balaban J connectivity index is 1.44. The Labute approximate surface area is 167 Å². The highest BCUT2D eigenvalue weighted by Crippen LogP contribution is 2.21. The van der Waals surface area contributed by atoms with Gasteiger partial charge in [0.25, 0.3) is 0 Å². The van der Waals surface area contributed by atoms with Gasteiger partial charge in [-0.25, -0.2) is 4.98 Å². The normalized spacial score (nSPS) is 17.3. The van der Waals surface area contributed by atoms with Crippen molar-refractivity contribution in [3.63, 3.8) is 0 Å². The molecule has 9 heteroatoms. The minimum atomic E-state index is -0.182. The SMILES string of the molecule is Cc1cc(-c2nc(C3=NNC(=NCC(=O)Nc4ccccc4)C3C)c(C)[nH]2)n[nH]1. The maximum atomic E-state index is 12.1. The lowest BCUT2D eigenvalue weighted by atomic mass is 10.0. The Morgan fingerprint density at radius 3 is 2.76 bits per heavy atom. The van der Waals surface area contributed by atoms with Crippen LogP contribution in [0.25, 0.3) is 11.5 Å². The van der Waals surface area contributed by atoms with Crippen LogP contribution >= 0.6 is 0 Å². The summed E-state index contributed by atoms with van der Waals surface area (Å²) >= 11 is 0. The van der Waals surface area contributed by atoms with Gasteiger partial charge < -0.3 is 10.3 Å². The molecule has 0 bridgehead atoms. The van der Waals surface area contributed by atoms with Gasteiger partial charge in [-0.05, 0) is 39.0 Å². The number of hydrazone groups is 1. The molecule has 1 unspecified atom stereocenters. The summed E-state index contributed by atoms with van der Waals surface area (Å²) in [6, 6.07) is 11.2. The predicted octanol–water partition coefficient (Wildman–Crippen LogP) is 2.40. The Hall–Kier alpha value is -3.75. The van der Waals surface area contributed by atoms with Gasteiger partial charge in [0.05, 0.1) is 11.6 Å². The number of anilines is 1. The van der Waals surface area contributed by atoms with Gasteiger partial charge in [0.2, 0.25) is 5.91 Å². The zero-order chi connectivity index (χ0) is 20.4. The minimum absolute atomic E-state index is 0.0156. The van der Waals surface area contributed by atoms with E-state index in [4.69, 9.17) is 0 Å². The number of aromatic amines is 2. The number of aliphatic imine (C=N–C) groups is 1. The third-order valence-electron chi connectivity index (χ3n) is 4.64. The summed E-state index contributed by atoms with van der Waals surface area (Å²) in [5.41, 5.74) is 7.84. The second kappa shape index (κ2) is 7.70. The van der Waals surface area contributed by atoms with Crippen molar-refractivity contribution in [1.82, 2.24) is 25.6 Å². The summed E-state index contributed by atoms with van der Waals surface area (Å²) in [7, 11) is 0. The number of amides is 1. The zero-order valence-corrected chi connectivity index (χ0v) is 16.4. The fourth-order valence-corrected chi connectivity index (χ4v) is 3.12. The number of H-pyrrole nitrogens is 2. The first kappa shape index (κ1) is 18.6. The molecule has 0 aliphatic carbocycles. The first-order valence-corrected chi connectivity index (χ1v) is 9.33. The van der Waals surface area contributed by atoms with Gasteiger partial charge >= 0.3 is 0 Å². The number of carbonyl (C=O) groups is 1. The molecule has 3 aromatic rings. The number of nitrogens with one attached hydrogen (secondary N) is 4. The number of aromatic nitrogens is 4. The Bertz CT molecular complexity index is 1090. The monoisotopic (exact) mass is 390 g/mol. The standard InChI is InChI=1S/C20H22N8O/c1-11-9-15(26-25-11)20-22-13(3)18(24-20)17-12(2)19(28-27-17)21-10-16(29)23-14-7-5-4-6-8-14/h4-9,12H,10H2,1-3H3,(H,21,28)(H,22,24)(H,23,29)(H,25,26). The molecule has 2 aromatic heterocycles. The Morgan fingerprint density at radius 1 is 1.24 bits per heavy atom. The average Bonchev–Trinajstić information content (AvgIpc) is 3.40. The minimum Gasteiger partial charge on any atom is -0.340 e. The number of hydrogen-bond acceptors (Lipinski definition) is 5. The van der Waals surface area contributed by atoms with Crippen LogP contribution in [0.2, 0.25) is 0 Å². The molecule has 29 heavy (non-hydrogen) atoms. The van der Waals surface area contributed by atoms with Crippen LogP contribution in [0, 0.1) is 19.8 Å². The van der Waals surface area contributed by atoms with Crippen molar-refractivity contribution in [2.24, 2.45) is 16.0 Å². The highest BCUT2D eigenvalue weighted by atomic mass is 16.1. The molecule has 0 saturated carbocycles. The topological polar surface area (TPSA) is 123 Å². The molecule has 4 N–H and O–H groups in total. The van der Waals surface area contributed by atoms with Crippen molar-refractivity contribution in [1.29, 1.82) is 0 Å². The first-order valence-electron chi connectivity index (χ1n) is 9.33. The second-order valence-electron chi connectivity index (χ2n) is 6.94. The van der Waals surface area contributed by atoms with E-state index in [1.54, 1.807) is 0 Å². The van der Waals surface area contributed by atoms with Crippen LogP contribution in [0.5, 0.6) is 0 Å². The number of aryl methyl sites for hydroxylation is 2. The molecule has 1 atom stereocenters. The number of benzene rings is 1. The summed E-state index contributed by atoms with van der Waals surface area (Å²) in [5.74, 6) is 1.04. The van der Waals surface area contributed by atoms with E-state index in [0.717, 1.165) is 34.2 Å². The van der Waals surface area contributed by atoms with E-state index in [2.05, 4.69) is 41.0 Å². The predicted molar refractivity (Wildman–Crippen MR) is 112 cm³/mol. The van der Waals surface area contributed by atoms with Gasteiger partial charge in [0, 0.05) is 17.1 Å². The molecule has 0 saturated heterocycles. The molecular weight excluding hydrogens is 368 g/mol. The van der Waals surface area contributed by atoms with Gasteiger partial charge in [-0.2, -0.15) is 10.2 Å².